The van der Waals surface area contributed by atoms with Gasteiger partial charge < -0.3 is 0 Å². The van der Waals surface area contributed by atoms with Gasteiger partial charge in [0.1, 0.15) is 8.07 Å². The summed E-state index contributed by atoms with van der Waals surface area (Å²) in [6.07, 6.45) is 0. The minimum atomic E-state index is -2.25. The van der Waals surface area contributed by atoms with Gasteiger partial charge in [-0.3, -0.25) is 0 Å². The van der Waals surface area contributed by atoms with Crippen LogP contribution in [-0.2, 0) is 5.41 Å². The molecular formula is C71H48Si. The number of rotatable bonds is 5. The minimum absolute atomic E-state index is 0.376. The molecule has 0 bridgehead atoms. The largest absolute Gasteiger partial charge is 0.113 e. The van der Waals surface area contributed by atoms with E-state index in [4.69, 9.17) is 0 Å². The van der Waals surface area contributed by atoms with Crippen LogP contribution in [0.15, 0.2) is 255 Å². The molecule has 1 aliphatic heterocycles. The summed E-state index contributed by atoms with van der Waals surface area (Å²) >= 11 is 0. The van der Waals surface area contributed by atoms with Crippen LogP contribution in [0.5, 0.6) is 0 Å². The minimum Gasteiger partial charge on any atom is -0.0622 e. The molecule has 0 saturated carbocycles. The van der Waals surface area contributed by atoms with E-state index in [-0.39, 0.29) is 5.41 Å². The first-order valence-corrected chi connectivity index (χ1v) is 28.4. The SMILES string of the molecule is C[Si]1(C)c2cc(-c3ccc4c(c3)C3(c5ccccc5-c5ccccc53)c3ccccc3-4)ccc2-c2cc3c(-c4ccc(-c5ccccc5)cc4)c4ccccc4c(-c4ccc(-c5ccccc5)cc4)c3cc21. The van der Waals surface area contributed by atoms with E-state index in [0.717, 1.165) is 0 Å². The third-order valence-corrected chi connectivity index (χ3v) is 20.2. The van der Waals surface area contributed by atoms with Gasteiger partial charge in [-0.05, 0) is 155 Å². The molecule has 15 rings (SSSR count). The van der Waals surface area contributed by atoms with Crippen LogP contribution in [0.4, 0.5) is 0 Å². The Hall–Kier alpha value is -8.62. The highest BCUT2D eigenvalue weighted by molar-refractivity contribution is 7.04. The zero-order chi connectivity index (χ0) is 47.7. The van der Waals surface area contributed by atoms with Crippen molar-refractivity contribution in [2.75, 3.05) is 0 Å². The van der Waals surface area contributed by atoms with Gasteiger partial charge in [0.05, 0.1) is 5.41 Å². The maximum Gasteiger partial charge on any atom is 0.113 e. The molecule has 3 aliphatic rings. The number of hydrogen-bond acceptors (Lipinski definition) is 0. The molecule has 0 radical (unpaired) electrons. The molecule has 0 saturated heterocycles. The lowest BCUT2D eigenvalue weighted by atomic mass is 9.70. The lowest BCUT2D eigenvalue weighted by Gasteiger charge is -2.30. The Labute approximate surface area is 422 Å². The van der Waals surface area contributed by atoms with Gasteiger partial charge in [-0.2, -0.15) is 0 Å². The molecule has 0 aromatic heterocycles. The van der Waals surface area contributed by atoms with Crippen molar-refractivity contribution in [2.24, 2.45) is 0 Å². The Morgan fingerprint density at radius 3 is 1.11 bits per heavy atom. The van der Waals surface area contributed by atoms with Crippen LogP contribution in [0.25, 0.3) is 111 Å². The van der Waals surface area contributed by atoms with Gasteiger partial charge in [-0.1, -0.05) is 256 Å². The smallest absolute Gasteiger partial charge is 0.0622 e. The van der Waals surface area contributed by atoms with Gasteiger partial charge in [0.15, 0.2) is 0 Å². The maximum atomic E-state index is 2.62. The summed E-state index contributed by atoms with van der Waals surface area (Å²) in [7, 11) is -2.25. The first kappa shape index (κ1) is 41.2. The fraction of sp³-hybridized carbons (Fsp3) is 0.0423. The average molecular weight is 929 g/mol. The zero-order valence-electron chi connectivity index (χ0n) is 40.2. The molecule has 0 atom stereocenters. The Kier molecular flexibility index (Phi) is 8.83. The van der Waals surface area contributed by atoms with Gasteiger partial charge in [-0.25, -0.2) is 0 Å². The second-order valence-corrected chi connectivity index (χ2v) is 25.0. The first-order valence-electron chi connectivity index (χ1n) is 25.4. The van der Waals surface area contributed by atoms with Crippen LogP contribution >= 0.6 is 0 Å². The highest BCUT2D eigenvalue weighted by Gasteiger charge is 2.51. The van der Waals surface area contributed by atoms with Crippen molar-refractivity contribution in [3.8, 4) is 89.0 Å². The third-order valence-electron chi connectivity index (χ3n) is 16.7. The van der Waals surface area contributed by atoms with Crippen LogP contribution in [0.2, 0.25) is 13.1 Å². The first-order chi connectivity index (χ1) is 35.5. The molecule has 12 aromatic rings. The van der Waals surface area contributed by atoms with Gasteiger partial charge >= 0.3 is 0 Å². The van der Waals surface area contributed by atoms with Crippen LogP contribution in [0.3, 0.4) is 0 Å². The molecule has 0 N–H and O–H groups in total. The van der Waals surface area contributed by atoms with Crippen LogP contribution in [-0.4, -0.2) is 8.07 Å². The van der Waals surface area contributed by atoms with Gasteiger partial charge in [-0.15, -0.1) is 0 Å². The highest BCUT2D eigenvalue weighted by Crippen LogP contribution is 2.63. The normalized spacial score (nSPS) is 13.9. The molecule has 336 valence electrons. The Bertz CT molecular complexity index is 4140. The van der Waals surface area contributed by atoms with E-state index in [2.05, 4.69) is 268 Å². The molecule has 0 fully saturated rings. The van der Waals surface area contributed by atoms with E-state index in [9.17, 15) is 0 Å². The van der Waals surface area contributed by atoms with E-state index >= 15 is 0 Å². The zero-order valence-corrected chi connectivity index (χ0v) is 41.2. The number of benzene rings is 12. The van der Waals surface area contributed by atoms with Crippen LogP contribution in [0, 0.1) is 0 Å². The molecule has 2 aliphatic carbocycles. The number of fused-ring (bicyclic) bond motifs is 15. The van der Waals surface area contributed by atoms with Crippen molar-refractivity contribution in [3.63, 3.8) is 0 Å². The summed E-state index contributed by atoms with van der Waals surface area (Å²) in [5.41, 5.74) is 25.8. The highest BCUT2D eigenvalue weighted by atomic mass is 28.3. The van der Waals surface area contributed by atoms with Gasteiger partial charge in [0.25, 0.3) is 0 Å². The predicted octanol–water partition coefficient (Wildman–Crippen LogP) is 17.5. The van der Waals surface area contributed by atoms with Gasteiger partial charge in [0, 0.05) is 0 Å². The van der Waals surface area contributed by atoms with Crippen molar-refractivity contribution in [1.82, 2.24) is 0 Å². The second-order valence-electron chi connectivity index (χ2n) is 20.7. The molecule has 1 spiro atoms. The Morgan fingerprint density at radius 1 is 0.236 bits per heavy atom. The third kappa shape index (κ3) is 5.74. The van der Waals surface area contributed by atoms with Gasteiger partial charge in [0.2, 0.25) is 0 Å². The molecule has 12 aromatic carbocycles. The molecule has 1 heterocycles. The maximum absolute atomic E-state index is 2.62. The Balaban J connectivity index is 0.924. The van der Waals surface area contributed by atoms with Crippen LogP contribution < -0.4 is 10.4 Å². The molecular weight excluding hydrogens is 881 g/mol. The van der Waals surface area contributed by atoms with E-state index in [1.54, 1.807) is 0 Å². The average Bonchev–Trinajstić information content (AvgIpc) is 4.00. The fourth-order valence-corrected chi connectivity index (χ4v) is 16.5. The number of hydrogen-bond donors (Lipinski definition) is 0. The van der Waals surface area contributed by atoms with Crippen molar-refractivity contribution in [2.45, 2.75) is 18.5 Å². The molecule has 0 amide bonds. The fourth-order valence-electron chi connectivity index (χ4n) is 13.4. The monoisotopic (exact) mass is 928 g/mol. The van der Waals surface area contributed by atoms with E-state index in [1.807, 2.05) is 0 Å². The summed E-state index contributed by atoms with van der Waals surface area (Å²) in [5, 5.41) is 8.18. The van der Waals surface area contributed by atoms with Crippen molar-refractivity contribution < 1.29 is 0 Å². The van der Waals surface area contributed by atoms with E-state index in [1.165, 1.54) is 143 Å². The quantitative estimate of drug-likeness (QED) is 0.119. The van der Waals surface area contributed by atoms with E-state index < -0.39 is 8.07 Å². The Morgan fingerprint density at radius 2 is 0.597 bits per heavy atom. The second kappa shape index (κ2) is 15.4. The molecule has 0 nitrogen and oxygen atoms in total. The van der Waals surface area contributed by atoms with E-state index in [0.29, 0.717) is 0 Å². The lowest BCUT2D eigenvalue weighted by molar-refractivity contribution is 0.794. The van der Waals surface area contributed by atoms with Crippen molar-refractivity contribution in [1.29, 1.82) is 0 Å². The lowest BCUT2D eigenvalue weighted by Crippen LogP contribution is -2.49. The molecule has 0 unspecified atom stereocenters. The molecule has 1 heteroatoms. The van der Waals surface area contributed by atoms with Crippen molar-refractivity contribution >= 4 is 40.0 Å². The standard InChI is InChI=1S/C71H48Si/c1-72(2)67-42-52(51-37-39-56-55-23-13-16-28-65(55)71(66(56)41-51)63-26-14-11-21-53(63)54-22-12-15-27-64(54)71)38-40-57(67)60-43-61-62(44-68(60)72)70(50-35-31-48(32-36-50)46-19-7-4-8-20-46)59-25-10-9-24-58(59)69(61)49-33-29-47(30-34-49)45-17-5-3-6-18-45/h3-44H,1-2H3. The predicted molar refractivity (Wildman–Crippen MR) is 307 cm³/mol. The summed E-state index contributed by atoms with van der Waals surface area (Å²) in [5.74, 6) is 0. The summed E-state index contributed by atoms with van der Waals surface area (Å²) in [4.78, 5) is 0. The summed E-state index contributed by atoms with van der Waals surface area (Å²) in [6, 6.07) is 96.4. The summed E-state index contributed by atoms with van der Waals surface area (Å²) in [6.45, 7) is 5.15. The van der Waals surface area contributed by atoms with Crippen LogP contribution in [0.1, 0.15) is 22.3 Å². The topological polar surface area (TPSA) is 0 Å². The summed E-state index contributed by atoms with van der Waals surface area (Å²) < 4.78 is 0. The molecule has 72 heavy (non-hydrogen) atoms. The van der Waals surface area contributed by atoms with Crippen molar-refractivity contribution in [3.05, 3.63) is 277 Å².